The number of benzene rings is 1. The molecule has 7 N–H and O–H groups in total. The minimum Gasteiger partial charge on any atom is -0.461 e. The Morgan fingerprint density at radius 1 is 0.792 bits per heavy atom. The molecule has 16 nitrogen and oxygen atoms in total. The van der Waals surface area contributed by atoms with Crippen LogP contribution < -0.4 is 32.3 Å². The van der Waals surface area contributed by atoms with E-state index in [4.69, 9.17) is 24.7 Å². The number of primary amides is 1. The summed E-state index contributed by atoms with van der Waals surface area (Å²) in [6, 6.07) is 4.12. The number of amides is 6. The first-order valence-corrected chi connectivity index (χ1v) is 18.3. The standard InChI is InChI=1S/C32H52N6O10.C5H12/c1-22(2)28(38-27(40)11-14-45-16-18-47-19-17-46-15-13-34-21-39)30(42)37-26(6-5-12-35-32(33)44)29(41)36-25-9-7-24(8-10-25)20-48-31(43)23(3)4;1-4-5(2)3/h7-10,21-23,26,28H,5-6,11-20H2,1-4H3,(H,34,39)(H,36,41)(H,37,42)(H,38,40)(H3,33,35,44);5H,4H2,1-3H3. The first-order valence-electron chi connectivity index (χ1n) is 18.3. The van der Waals surface area contributed by atoms with Crippen molar-refractivity contribution in [2.75, 3.05) is 58.0 Å². The summed E-state index contributed by atoms with van der Waals surface area (Å²) >= 11 is 0. The lowest BCUT2D eigenvalue weighted by Crippen LogP contribution is -2.54. The van der Waals surface area contributed by atoms with Gasteiger partial charge in [-0.25, -0.2) is 4.79 Å². The summed E-state index contributed by atoms with van der Waals surface area (Å²) in [5.41, 5.74) is 6.33. The van der Waals surface area contributed by atoms with E-state index in [1.165, 1.54) is 6.42 Å². The second kappa shape index (κ2) is 30.2. The number of hydrogen-bond donors (Lipinski definition) is 6. The van der Waals surface area contributed by atoms with E-state index in [2.05, 4.69) is 47.4 Å². The molecular weight excluding hydrogens is 688 g/mol. The van der Waals surface area contributed by atoms with Crippen molar-refractivity contribution in [3.05, 3.63) is 29.8 Å². The highest BCUT2D eigenvalue weighted by molar-refractivity contribution is 5.98. The first kappa shape index (κ1) is 48.7. The van der Waals surface area contributed by atoms with Gasteiger partial charge in [0.2, 0.25) is 24.1 Å². The second-order valence-electron chi connectivity index (χ2n) is 13.2. The Labute approximate surface area is 314 Å². The molecule has 0 radical (unpaired) electrons. The maximum absolute atomic E-state index is 13.3. The number of esters is 1. The quantitative estimate of drug-likeness (QED) is 0.0438. The van der Waals surface area contributed by atoms with Crippen molar-refractivity contribution >= 4 is 41.8 Å². The predicted molar refractivity (Wildman–Crippen MR) is 201 cm³/mol. The van der Waals surface area contributed by atoms with Gasteiger partial charge in [0, 0.05) is 25.2 Å². The fourth-order valence-corrected chi connectivity index (χ4v) is 3.96. The van der Waals surface area contributed by atoms with E-state index in [9.17, 15) is 28.8 Å². The van der Waals surface area contributed by atoms with E-state index in [0.717, 1.165) is 11.5 Å². The summed E-state index contributed by atoms with van der Waals surface area (Å²) < 4.78 is 21.3. The van der Waals surface area contributed by atoms with Gasteiger partial charge in [0.15, 0.2) is 0 Å². The van der Waals surface area contributed by atoms with Gasteiger partial charge in [-0.1, -0.05) is 67.0 Å². The van der Waals surface area contributed by atoms with Crippen molar-refractivity contribution in [3.8, 4) is 0 Å². The molecule has 6 amide bonds. The maximum Gasteiger partial charge on any atom is 0.312 e. The highest BCUT2D eigenvalue weighted by Gasteiger charge is 2.28. The van der Waals surface area contributed by atoms with E-state index < -0.39 is 35.8 Å². The molecule has 1 aromatic rings. The molecule has 0 aliphatic heterocycles. The third-order valence-corrected chi connectivity index (χ3v) is 7.45. The summed E-state index contributed by atoms with van der Waals surface area (Å²) in [5, 5.41) is 13.2. The lowest BCUT2D eigenvalue weighted by molar-refractivity contribution is -0.148. The summed E-state index contributed by atoms with van der Waals surface area (Å²) in [7, 11) is 0. The molecule has 0 heterocycles. The molecule has 16 heteroatoms. The summed E-state index contributed by atoms with van der Waals surface area (Å²) in [4.78, 5) is 72.1. The van der Waals surface area contributed by atoms with Crippen LogP contribution in [0, 0.1) is 17.8 Å². The van der Waals surface area contributed by atoms with Gasteiger partial charge in [0.25, 0.3) is 0 Å². The van der Waals surface area contributed by atoms with E-state index in [1.54, 1.807) is 52.0 Å². The highest BCUT2D eigenvalue weighted by atomic mass is 16.5. The molecule has 0 saturated carbocycles. The van der Waals surface area contributed by atoms with Gasteiger partial charge in [-0.2, -0.15) is 0 Å². The molecule has 0 fully saturated rings. The van der Waals surface area contributed by atoms with Crippen molar-refractivity contribution in [1.82, 2.24) is 21.3 Å². The number of nitrogens with one attached hydrogen (secondary N) is 5. The molecular formula is C37H64N6O10. The zero-order chi connectivity index (χ0) is 40.0. The predicted octanol–water partition coefficient (Wildman–Crippen LogP) is 2.64. The number of urea groups is 1. The normalized spacial score (nSPS) is 11.9. The molecule has 0 aliphatic rings. The van der Waals surface area contributed by atoms with Gasteiger partial charge in [-0.3, -0.25) is 24.0 Å². The van der Waals surface area contributed by atoms with E-state index in [-0.39, 0.29) is 57.0 Å². The van der Waals surface area contributed by atoms with Gasteiger partial charge in [-0.05, 0) is 42.4 Å². The van der Waals surface area contributed by atoms with Crippen LogP contribution in [-0.4, -0.2) is 101 Å². The van der Waals surface area contributed by atoms with Crippen molar-refractivity contribution in [3.63, 3.8) is 0 Å². The van der Waals surface area contributed by atoms with Crippen LogP contribution in [0.1, 0.15) is 79.7 Å². The monoisotopic (exact) mass is 752 g/mol. The first-order chi connectivity index (χ1) is 25.2. The van der Waals surface area contributed by atoms with Crippen LogP contribution in [0.15, 0.2) is 24.3 Å². The molecule has 0 aliphatic carbocycles. The van der Waals surface area contributed by atoms with Crippen molar-refractivity contribution in [1.29, 1.82) is 0 Å². The molecule has 0 saturated heterocycles. The Morgan fingerprint density at radius 3 is 1.91 bits per heavy atom. The van der Waals surface area contributed by atoms with Crippen LogP contribution in [-0.2, 0) is 49.5 Å². The molecule has 0 aromatic heterocycles. The van der Waals surface area contributed by atoms with E-state index in [0.29, 0.717) is 51.5 Å². The summed E-state index contributed by atoms with van der Waals surface area (Å²) in [5.74, 6) is -1.40. The Bertz CT molecular complexity index is 1200. The van der Waals surface area contributed by atoms with Gasteiger partial charge < -0.3 is 51.3 Å². The van der Waals surface area contributed by atoms with Crippen LogP contribution in [0.25, 0.3) is 0 Å². The summed E-state index contributed by atoms with van der Waals surface area (Å²) in [6.07, 6.45) is 2.44. The number of nitrogens with two attached hydrogens (primary N) is 1. The fraction of sp³-hybridized carbons (Fsp3) is 0.676. The lowest BCUT2D eigenvalue weighted by atomic mass is 10.0. The Morgan fingerprint density at radius 2 is 1.38 bits per heavy atom. The average molecular weight is 753 g/mol. The Hall–Kier alpha value is -4.28. The molecule has 2 atom stereocenters. The van der Waals surface area contributed by atoms with Crippen LogP contribution in [0.2, 0.25) is 0 Å². The molecule has 0 spiro atoms. The van der Waals surface area contributed by atoms with Crippen molar-refractivity contribution in [2.45, 2.75) is 92.8 Å². The topological polar surface area (TPSA) is 226 Å². The van der Waals surface area contributed by atoms with Gasteiger partial charge >= 0.3 is 12.0 Å². The zero-order valence-electron chi connectivity index (χ0n) is 32.6. The minimum atomic E-state index is -0.987. The van der Waals surface area contributed by atoms with Gasteiger partial charge in [0.1, 0.15) is 18.7 Å². The third-order valence-electron chi connectivity index (χ3n) is 7.45. The highest BCUT2D eigenvalue weighted by Crippen LogP contribution is 2.13. The Balaban J connectivity index is 0.00000504. The second-order valence-corrected chi connectivity index (χ2v) is 13.2. The van der Waals surface area contributed by atoms with Crippen LogP contribution in [0.3, 0.4) is 0 Å². The SMILES string of the molecule is CC(C)C(=O)OCc1ccc(NC(=O)C(CCCNC(N)=O)NC(=O)C(NC(=O)CCOCCOCCOCCNC=O)C(C)C)cc1.CCC(C)C. The minimum absolute atomic E-state index is 0.0126. The zero-order valence-corrected chi connectivity index (χ0v) is 32.6. The molecule has 1 rings (SSSR count). The van der Waals surface area contributed by atoms with Crippen LogP contribution in [0.5, 0.6) is 0 Å². The molecule has 53 heavy (non-hydrogen) atoms. The third kappa shape index (κ3) is 26.2. The summed E-state index contributed by atoms with van der Waals surface area (Å²) in [6.45, 7) is 16.2. The van der Waals surface area contributed by atoms with E-state index >= 15 is 0 Å². The number of hydrogen-bond acceptors (Lipinski definition) is 10. The van der Waals surface area contributed by atoms with E-state index in [1.807, 2.05) is 0 Å². The molecule has 1 aromatic carbocycles. The van der Waals surface area contributed by atoms with Crippen molar-refractivity contribution in [2.24, 2.45) is 23.5 Å². The molecule has 302 valence electrons. The number of anilines is 1. The number of carbonyl (C=O) groups excluding carboxylic acids is 6. The molecule has 2 unspecified atom stereocenters. The number of rotatable bonds is 27. The van der Waals surface area contributed by atoms with Crippen LogP contribution in [0.4, 0.5) is 10.5 Å². The fourth-order valence-electron chi connectivity index (χ4n) is 3.96. The maximum atomic E-state index is 13.3. The molecule has 0 bridgehead atoms. The Kier molecular flexibility index (Phi) is 27.8. The average Bonchev–Trinajstić information content (AvgIpc) is 3.11. The van der Waals surface area contributed by atoms with Crippen LogP contribution >= 0.6 is 0 Å². The van der Waals surface area contributed by atoms with Gasteiger partial charge in [0.05, 0.1) is 45.6 Å². The number of carbonyl (C=O) groups is 6. The lowest BCUT2D eigenvalue weighted by Gasteiger charge is -2.25. The smallest absolute Gasteiger partial charge is 0.312 e. The van der Waals surface area contributed by atoms with Gasteiger partial charge in [-0.15, -0.1) is 0 Å². The van der Waals surface area contributed by atoms with Crippen molar-refractivity contribution < 1.29 is 47.7 Å². The largest absolute Gasteiger partial charge is 0.461 e. The number of ether oxygens (including phenoxy) is 4.